The van der Waals surface area contributed by atoms with Gasteiger partial charge in [0.05, 0.1) is 19.3 Å². The lowest BCUT2D eigenvalue weighted by Crippen LogP contribution is -2.44. The van der Waals surface area contributed by atoms with Crippen molar-refractivity contribution >= 4 is 23.5 Å². The fourth-order valence-corrected chi connectivity index (χ4v) is 3.31. The molecule has 0 spiro atoms. The second-order valence-corrected chi connectivity index (χ2v) is 6.65. The number of nitrogens with zero attached hydrogens (tertiary/aromatic N) is 3. The molecule has 1 saturated heterocycles. The first kappa shape index (κ1) is 19.5. The summed E-state index contributed by atoms with van der Waals surface area (Å²) < 4.78 is 5.45. The van der Waals surface area contributed by atoms with Gasteiger partial charge in [0.15, 0.2) is 0 Å². The van der Waals surface area contributed by atoms with Gasteiger partial charge in [-0.2, -0.15) is 0 Å². The van der Waals surface area contributed by atoms with Crippen molar-refractivity contribution in [2.45, 2.75) is 12.5 Å². The van der Waals surface area contributed by atoms with E-state index >= 15 is 0 Å². The van der Waals surface area contributed by atoms with Gasteiger partial charge in [-0.15, -0.1) is 0 Å². The normalized spacial score (nSPS) is 15.9. The number of aromatic nitrogens is 2. The number of carbonyl (C=O) groups excluding carboxylic acids is 1. The first-order valence-electron chi connectivity index (χ1n) is 9.08. The molecule has 1 amide bonds. The Hall–Kier alpha value is -2.22. The summed E-state index contributed by atoms with van der Waals surface area (Å²) in [6.45, 7) is 4.00. The highest BCUT2D eigenvalue weighted by Crippen LogP contribution is 2.27. The van der Waals surface area contributed by atoms with Crippen LogP contribution in [0.3, 0.4) is 0 Å². The van der Waals surface area contributed by atoms with E-state index in [9.17, 15) is 4.79 Å². The maximum absolute atomic E-state index is 12.3. The largest absolute Gasteiger partial charge is 0.379 e. The SMILES string of the molecule is O=C(CCNc1ncccn1)NC[C@H](c1ccccc1Cl)N1CCOCC1. The van der Waals surface area contributed by atoms with Crippen molar-refractivity contribution in [1.82, 2.24) is 20.2 Å². The van der Waals surface area contributed by atoms with Crippen molar-refractivity contribution < 1.29 is 9.53 Å². The van der Waals surface area contributed by atoms with E-state index in [1.54, 1.807) is 18.5 Å². The predicted molar refractivity (Wildman–Crippen MR) is 105 cm³/mol. The van der Waals surface area contributed by atoms with Gasteiger partial charge in [-0.05, 0) is 17.7 Å². The Bertz CT molecular complexity index is 725. The second kappa shape index (κ2) is 10.2. The average Bonchev–Trinajstić information content (AvgIpc) is 2.71. The molecule has 2 aromatic rings. The first-order valence-corrected chi connectivity index (χ1v) is 9.45. The van der Waals surface area contributed by atoms with Crippen LogP contribution in [0, 0.1) is 0 Å². The summed E-state index contributed by atoms with van der Waals surface area (Å²) in [4.78, 5) is 22.7. The molecule has 1 fully saturated rings. The molecule has 0 unspecified atom stereocenters. The van der Waals surface area contributed by atoms with E-state index in [-0.39, 0.29) is 11.9 Å². The standard InChI is InChI=1S/C19H24ClN5O2/c20-16-5-2-1-4-15(16)17(25-10-12-27-13-11-25)14-24-18(26)6-9-23-19-21-7-3-8-22-19/h1-5,7-8,17H,6,9-14H2,(H,24,26)(H,21,22,23)/t17-/m1/s1. The highest BCUT2D eigenvalue weighted by atomic mass is 35.5. The van der Waals surface area contributed by atoms with Crippen LogP contribution in [-0.4, -0.2) is 60.2 Å². The van der Waals surface area contributed by atoms with E-state index in [1.165, 1.54) is 0 Å². The molecule has 7 nitrogen and oxygen atoms in total. The van der Waals surface area contributed by atoms with Gasteiger partial charge in [0.1, 0.15) is 0 Å². The van der Waals surface area contributed by atoms with Gasteiger partial charge in [-0.1, -0.05) is 29.8 Å². The Kier molecular flexibility index (Phi) is 7.38. The zero-order valence-corrected chi connectivity index (χ0v) is 15.9. The minimum absolute atomic E-state index is 0.0243. The smallest absolute Gasteiger partial charge is 0.222 e. The van der Waals surface area contributed by atoms with E-state index in [0.717, 1.165) is 18.7 Å². The number of ether oxygens (including phenoxy) is 1. The van der Waals surface area contributed by atoms with E-state index in [2.05, 4.69) is 25.5 Å². The maximum Gasteiger partial charge on any atom is 0.222 e. The Morgan fingerprint density at radius 2 is 1.93 bits per heavy atom. The van der Waals surface area contributed by atoms with Crippen LogP contribution in [0.5, 0.6) is 0 Å². The molecule has 1 atom stereocenters. The highest BCUT2D eigenvalue weighted by molar-refractivity contribution is 6.31. The number of benzene rings is 1. The molecule has 0 radical (unpaired) electrons. The van der Waals surface area contributed by atoms with Crippen molar-refractivity contribution in [3.05, 3.63) is 53.3 Å². The van der Waals surface area contributed by atoms with Crippen LogP contribution in [-0.2, 0) is 9.53 Å². The van der Waals surface area contributed by atoms with Crippen molar-refractivity contribution in [3.8, 4) is 0 Å². The molecule has 1 aliphatic rings. The zero-order valence-electron chi connectivity index (χ0n) is 15.1. The molecule has 3 rings (SSSR count). The number of morpholine rings is 1. The Labute approximate surface area is 164 Å². The van der Waals surface area contributed by atoms with Gasteiger partial charge in [-0.25, -0.2) is 9.97 Å². The molecule has 1 aliphatic heterocycles. The predicted octanol–water partition coefficient (Wildman–Crippen LogP) is 2.12. The van der Waals surface area contributed by atoms with E-state index in [4.69, 9.17) is 16.3 Å². The van der Waals surface area contributed by atoms with Gasteiger partial charge < -0.3 is 15.4 Å². The highest BCUT2D eigenvalue weighted by Gasteiger charge is 2.24. The van der Waals surface area contributed by atoms with Crippen molar-refractivity contribution in [2.75, 3.05) is 44.7 Å². The Balaban J connectivity index is 1.54. The zero-order chi connectivity index (χ0) is 18.9. The van der Waals surface area contributed by atoms with Crippen LogP contribution in [0.1, 0.15) is 18.0 Å². The minimum Gasteiger partial charge on any atom is -0.379 e. The van der Waals surface area contributed by atoms with E-state index in [0.29, 0.717) is 43.7 Å². The van der Waals surface area contributed by atoms with E-state index < -0.39 is 0 Å². The van der Waals surface area contributed by atoms with Crippen LogP contribution in [0.25, 0.3) is 0 Å². The second-order valence-electron chi connectivity index (χ2n) is 6.24. The third kappa shape index (κ3) is 5.89. The quantitative estimate of drug-likeness (QED) is 0.720. The van der Waals surface area contributed by atoms with E-state index in [1.807, 2.05) is 24.3 Å². The molecule has 0 saturated carbocycles. The van der Waals surface area contributed by atoms with Crippen LogP contribution in [0.4, 0.5) is 5.95 Å². The molecule has 27 heavy (non-hydrogen) atoms. The Morgan fingerprint density at radius 3 is 2.67 bits per heavy atom. The van der Waals surface area contributed by atoms with Crippen molar-refractivity contribution in [3.63, 3.8) is 0 Å². The summed E-state index contributed by atoms with van der Waals surface area (Å²) in [7, 11) is 0. The third-order valence-corrected chi connectivity index (χ3v) is 4.79. The maximum atomic E-state index is 12.3. The van der Waals surface area contributed by atoms with Gasteiger partial charge in [0, 0.05) is 50.0 Å². The minimum atomic E-state index is -0.0243. The number of carbonyl (C=O) groups is 1. The van der Waals surface area contributed by atoms with Gasteiger partial charge in [0.2, 0.25) is 11.9 Å². The van der Waals surface area contributed by atoms with Gasteiger partial charge in [-0.3, -0.25) is 9.69 Å². The van der Waals surface area contributed by atoms with Gasteiger partial charge >= 0.3 is 0 Å². The molecular weight excluding hydrogens is 366 g/mol. The lowest BCUT2D eigenvalue weighted by atomic mass is 10.0. The average molecular weight is 390 g/mol. The molecule has 8 heteroatoms. The number of hydrogen-bond acceptors (Lipinski definition) is 6. The molecule has 144 valence electrons. The summed E-state index contributed by atoms with van der Waals surface area (Å²) in [5.74, 6) is 0.497. The monoisotopic (exact) mass is 389 g/mol. The van der Waals surface area contributed by atoms with Crippen molar-refractivity contribution in [2.24, 2.45) is 0 Å². The summed E-state index contributed by atoms with van der Waals surface area (Å²) in [5, 5.41) is 6.78. The number of amides is 1. The van der Waals surface area contributed by atoms with Crippen molar-refractivity contribution in [1.29, 1.82) is 0 Å². The summed E-state index contributed by atoms with van der Waals surface area (Å²) in [6.07, 6.45) is 3.66. The number of anilines is 1. The van der Waals surface area contributed by atoms with Crippen LogP contribution in [0.2, 0.25) is 5.02 Å². The molecule has 1 aromatic carbocycles. The molecule has 0 aliphatic carbocycles. The topological polar surface area (TPSA) is 79.4 Å². The summed E-state index contributed by atoms with van der Waals surface area (Å²) >= 11 is 6.41. The van der Waals surface area contributed by atoms with Crippen LogP contribution < -0.4 is 10.6 Å². The third-order valence-electron chi connectivity index (χ3n) is 4.44. The molecule has 1 aromatic heterocycles. The summed E-state index contributed by atoms with van der Waals surface area (Å²) in [6, 6.07) is 9.56. The lowest BCUT2D eigenvalue weighted by molar-refractivity contribution is -0.121. The number of rotatable bonds is 8. The lowest BCUT2D eigenvalue weighted by Gasteiger charge is -2.35. The first-order chi connectivity index (χ1) is 13.2. The fourth-order valence-electron chi connectivity index (χ4n) is 3.05. The number of nitrogens with one attached hydrogen (secondary N) is 2. The van der Waals surface area contributed by atoms with Crippen LogP contribution >= 0.6 is 11.6 Å². The molecule has 2 N–H and O–H groups in total. The fraction of sp³-hybridized carbons (Fsp3) is 0.421. The van der Waals surface area contributed by atoms with Gasteiger partial charge in [0.25, 0.3) is 0 Å². The molecule has 0 bridgehead atoms. The summed E-state index contributed by atoms with van der Waals surface area (Å²) in [5.41, 5.74) is 1.03. The Morgan fingerprint density at radius 1 is 1.19 bits per heavy atom. The number of hydrogen-bond donors (Lipinski definition) is 2. The number of halogens is 1. The molecular formula is C19H24ClN5O2. The van der Waals surface area contributed by atoms with Crippen LogP contribution in [0.15, 0.2) is 42.7 Å². The molecule has 2 heterocycles.